The van der Waals surface area contributed by atoms with Crippen LogP contribution < -0.4 is 5.73 Å². The first-order chi connectivity index (χ1) is 7.44. The van der Waals surface area contributed by atoms with Gasteiger partial charge in [-0.3, -0.25) is 0 Å². The maximum absolute atomic E-state index is 11.9. The maximum atomic E-state index is 11.9. The highest BCUT2D eigenvalue weighted by Gasteiger charge is 2.27. The van der Waals surface area contributed by atoms with E-state index in [2.05, 4.69) is 10.3 Å². The molecule has 0 aliphatic carbocycles. The van der Waals surface area contributed by atoms with E-state index < -0.39 is 5.51 Å². The Morgan fingerprint density at radius 2 is 2.12 bits per heavy atom. The minimum atomic E-state index is -4.20. The molecule has 4 nitrogen and oxygen atoms in total. The second-order valence-electron chi connectivity index (χ2n) is 3.19. The van der Waals surface area contributed by atoms with Crippen molar-refractivity contribution in [1.82, 2.24) is 15.0 Å². The molecule has 2 N–H and O–H groups in total. The summed E-state index contributed by atoms with van der Waals surface area (Å²) in [5.74, 6) is 0.224. The van der Waals surface area contributed by atoms with Crippen LogP contribution in [0.5, 0.6) is 0 Å². The number of halogens is 3. The smallest absolute Gasteiger partial charge is 0.381 e. The molecular formula is C8H13F3N4S. The van der Waals surface area contributed by atoms with Gasteiger partial charge in [0.05, 0.1) is 12.2 Å². The third-order valence-corrected chi connectivity index (χ3v) is 2.64. The van der Waals surface area contributed by atoms with Crippen LogP contribution in [0.3, 0.4) is 0 Å². The molecule has 0 spiro atoms. The van der Waals surface area contributed by atoms with E-state index in [0.717, 1.165) is 6.42 Å². The van der Waals surface area contributed by atoms with Crippen molar-refractivity contribution in [2.45, 2.75) is 31.8 Å². The summed E-state index contributed by atoms with van der Waals surface area (Å²) in [6, 6.07) is 0. The first kappa shape index (κ1) is 13.1. The summed E-state index contributed by atoms with van der Waals surface area (Å²) in [7, 11) is 0. The molecule has 0 aromatic carbocycles. The number of aromatic nitrogens is 3. The largest absolute Gasteiger partial charge is 0.441 e. The van der Waals surface area contributed by atoms with E-state index in [1.807, 2.05) is 6.92 Å². The van der Waals surface area contributed by atoms with Gasteiger partial charge in [-0.2, -0.15) is 13.2 Å². The van der Waals surface area contributed by atoms with Gasteiger partial charge < -0.3 is 5.73 Å². The highest BCUT2D eigenvalue weighted by atomic mass is 32.2. The lowest BCUT2D eigenvalue weighted by molar-refractivity contribution is -0.0328. The summed E-state index contributed by atoms with van der Waals surface area (Å²) in [4.78, 5) is 0. The third-order valence-electron chi connectivity index (χ3n) is 1.92. The van der Waals surface area contributed by atoms with E-state index in [1.165, 1.54) is 4.68 Å². The van der Waals surface area contributed by atoms with Crippen LogP contribution in [0.2, 0.25) is 0 Å². The van der Waals surface area contributed by atoms with Gasteiger partial charge in [-0.25, -0.2) is 4.68 Å². The van der Waals surface area contributed by atoms with Crippen molar-refractivity contribution in [3.8, 4) is 0 Å². The number of anilines is 1. The van der Waals surface area contributed by atoms with Crippen LogP contribution in [-0.2, 0) is 13.0 Å². The Balaban J connectivity index is 2.53. The molecule has 0 saturated heterocycles. The average Bonchev–Trinajstić information content (AvgIpc) is 2.48. The Bertz CT molecular complexity index is 337. The van der Waals surface area contributed by atoms with Gasteiger partial charge in [0, 0.05) is 5.75 Å². The molecule has 0 bridgehead atoms. The SMILES string of the molecule is CCCc1c(N)nnn1CCSC(F)(F)F. The van der Waals surface area contributed by atoms with E-state index in [4.69, 9.17) is 5.73 Å². The second kappa shape index (κ2) is 5.42. The number of nitrogens with two attached hydrogens (primary N) is 1. The van der Waals surface area contributed by atoms with Gasteiger partial charge in [0.15, 0.2) is 5.82 Å². The molecule has 16 heavy (non-hydrogen) atoms. The molecule has 0 unspecified atom stereocenters. The molecule has 0 aliphatic heterocycles. The number of thioether (sulfide) groups is 1. The Hall–Kier alpha value is -0.920. The summed E-state index contributed by atoms with van der Waals surface area (Å²) in [6.07, 6.45) is 1.53. The summed E-state index contributed by atoms with van der Waals surface area (Å²) in [5.41, 5.74) is 2.08. The van der Waals surface area contributed by atoms with E-state index >= 15 is 0 Å². The highest BCUT2D eigenvalue weighted by Crippen LogP contribution is 2.30. The van der Waals surface area contributed by atoms with E-state index in [0.29, 0.717) is 17.9 Å². The lowest BCUT2D eigenvalue weighted by atomic mass is 10.2. The first-order valence-electron chi connectivity index (χ1n) is 4.82. The zero-order valence-electron chi connectivity index (χ0n) is 8.79. The van der Waals surface area contributed by atoms with Gasteiger partial charge >= 0.3 is 5.51 Å². The molecule has 1 aromatic heterocycles. The highest BCUT2D eigenvalue weighted by molar-refractivity contribution is 8.00. The average molecular weight is 254 g/mol. The fourth-order valence-corrected chi connectivity index (χ4v) is 1.76. The first-order valence-corrected chi connectivity index (χ1v) is 5.81. The molecule has 0 atom stereocenters. The Kier molecular flexibility index (Phi) is 4.45. The van der Waals surface area contributed by atoms with Crippen LogP contribution in [0, 0.1) is 0 Å². The van der Waals surface area contributed by atoms with Crippen molar-refractivity contribution >= 4 is 17.6 Å². The molecule has 0 radical (unpaired) electrons. The minimum Gasteiger partial charge on any atom is -0.381 e. The Labute approximate surface area is 95.4 Å². The standard InChI is InChI=1S/C8H13F3N4S/c1-2-3-6-7(12)13-14-15(6)4-5-16-8(9,10)11/h2-5,12H2,1H3. The van der Waals surface area contributed by atoms with Crippen LogP contribution in [0.4, 0.5) is 19.0 Å². The third kappa shape index (κ3) is 3.92. The van der Waals surface area contributed by atoms with Crippen molar-refractivity contribution in [3.05, 3.63) is 5.69 Å². The summed E-state index contributed by atoms with van der Waals surface area (Å²) in [6.45, 7) is 2.13. The van der Waals surface area contributed by atoms with Gasteiger partial charge in [-0.1, -0.05) is 18.6 Å². The number of alkyl halides is 3. The number of rotatable bonds is 5. The van der Waals surface area contributed by atoms with Crippen LogP contribution >= 0.6 is 11.8 Å². The number of hydrogen-bond acceptors (Lipinski definition) is 4. The van der Waals surface area contributed by atoms with Crippen LogP contribution in [0.1, 0.15) is 19.0 Å². The van der Waals surface area contributed by atoms with Gasteiger partial charge in [0.2, 0.25) is 0 Å². The number of nitrogens with zero attached hydrogens (tertiary/aromatic N) is 3. The number of hydrogen-bond donors (Lipinski definition) is 1. The Morgan fingerprint density at radius 3 is 2.69 bits per heavy atom. The van der Waals surface area contributed by atoms with Crippen molar-refractivity contribution in [3.63, 3.8) is 0 Å². The van der Waals surface area contributed by atoms with Crippen molar-refractivity contribution < 1.29 is 13.2 Å². The summed E-state index contributed by atoms with van der Waals surface area (Å²) >= 11 is -0.0650. The zero-order chi connectivity index (χ0) is 12.2. The van der Waals surface area contributed by atoms with E-state index in [-0.39, 0.29) is 24.1 Å². The quantitative estimate of drug-likeness (QED) is 0.874. The molecule has 0 amide bonds. The lowest BCUT2D eigenvalue weighted by Crippen LogP contribution is -2.11. The minimum absolute atomic E-state index is 0.0650. The predicted octanol–water partition coefficient (Wildman–Crippen LogP) is 2.07. The molecular weight excluding hydrogens is 241 g/mol. The van der Waals surface area contributed by atoms with Crippen LogP contribution in [0.15, 0.2) is 0 Å². The number of aryl methyl sites for hydroxylation is 1. The topological polar surface area (TPSA) is 56.7 Å². The van der Waals surface area contributed by atoms with Gasteiger partial charge in [0.1, 0.15) is 0 Å². The van der Waals surface area contributed by atoms with Crippen LogP contribution in [0.25, 0.3) is 0 Å². The summed E-state index contributed by atoms with van der Waals surface area (Å²) < 4.78 is 37.2. The molecule has 1 rings (SSSR count). The molecule has 1 aromatic rings. The van der Waals surface area contributed by atoms with Gasteiger partial charge in [-0.15, -0.1) is 5.10 Å². The molecule has 0 aliphatic rings. The van der Waals surface area contributed by atoms with Crippen molar-refractivity contribution in [1.29, 1.82) is 0 Å². The monoisotopic (exact) mass is 254 g/mol. The van der Waals surface area contributed by atoms with Crippen LogP contribution in [-0.4, -0.2) is 26.3 Å². The van der Waals surface area contributed by atoms with Crippen molar-refractivity contribution in [2.24, 2.45) is 0 Å². The molecule has 0 fully saturated rings. The Morgan fingerprint density at radius 1 is 1.44 bits per heavy atom. The second-order valence-corrected chi connectivity index (χ2v) is 4.35. The zero-order valence-corrected chi connectivity index (χ0v) is 9.61. The lowest BCUT2D eigenvalue weighted by Gasteiger charge is -2.07. The normalized spacial score (nSPS) is 12.0. The maximum Gasteiger partial charge on any atom is 0.441 e. The van der Waals surface area contributed by atoms with Gasteiger partial charge in [0.25, 0.3) is 0 Å². The molecule has 1 heterocycles. The summed E-state index contributed by atoms with van der Waals surface area (Å²) in [5, 5.41) is 7.37. The molecule has 8 heteroatoms. The fraction of sp³-hybridized carbons (Fsp3) is 0.750. The molecule has 0 saturated carbocycles. The van der Waals surface area contributed by atoms with Gasteiger partial charge in [-0.05, 0) is 18.2 Å². The predicted molar refractivity (Wildman–Crippen MR) is 56.9 cm³/mol. The molecule has 92 valence electrons. The van der Waals surface area contributed by atoms with E-state index in [9.17, 15) is 13.2 Å². The van der Waals surface area contributed by atoms with Crippen molar-refractivity contribution in [2.75, 3.05) is 11.5 Å². The number of nitrogen functional groups attached to an aromatic ring is 1. The van der Waals surface area contributed by atoms with E-state index in [1.54, 1.807) is 0 Å². The fourth-order valence-electron chi connectivity index (χ4n) is 1.27.